The normalized spacial score (nSPS) is 50.3. The summed E-state index contributed by atoms with van der Waals surface area (Å²) < 4.78 is 0. The van der Waals surface area contributed by atoms with E-state index in [-0.39, 0.29) is 24.0 Å². The third kappa shape index (κ3) is 3.46. The van der Waals surface area contributed by atoms with E-state index in [2.05, 4.69) is 20.8 Å². The summed E-state index contributed by atoms with van der Waals surface area (Å²) in [7, 11) is 0. The Kier molecular flexibility index (Phi) is 5.83. The molecule has 0 radical (unpaired) electrons. The van der Waals surface area contributed by atoms with Gasteiger partial charge in [-0.3, -0.25) is 4.79 Å². The highest BCUT2D eigenvalue weighted by molar-refractivity contribution is 5.66. The zero-order valence-electron chi connectivity index (χ0n) is 18.8. The molecule has 0 saturated heterocycles. The molecule has 4 saturated carbocycles. The van der Waals surface area contributed by atoms with Crippen molar-refractivity contribution in [1.82, 2.24) is 0 Å². The Bertz CT molecular complexity index is 623. The Morgan fingerprint density at radius 2 is 1.72 bits per heavy atom. The smallest absolute Gasteiger partial charge is 0.303 e. The molecule has 4 heteroatoms. The first-order chi connectivity index (χ1) is 13.7. The number of aliphatic hydroxyl groups is 1. The van der Waals surface area contributed by atoms with Gasteiger partial charge in [-0.15, -0.1) is 0 Å². The molecule has 0 aliphatic heterocycles. The predicted octanol–water partition coefficient (Wildman–Crippen LogP) is 4.83. The molecule has 0 spiro atoms. The fourth-order valence-electron chi connectivity index (χ4n) is 9.17. The first-order valence-corrected chi connectivity index (χ1v) is 12.4. The van der Waals surface area contributed by atoms with Crippen LogP contribution < -0.4 is 5.73 Å². The Morgan fingerprint density at radius 3 is 2.41 bits per heavy atom. The molecule has 4 aliphatic carbocycles. The molecule has 6 unspecified atom stereocenters. The zero-order chi connectivity index (χ0) is 21.0. The van der Waals surface area contributed by atoms with Crippen molar-refractivity contribution in [2.45, 2.75) is 104 Å². The van der Waals surface area contributed by atoms with Crippen LogP contribution in [0.15, 0.2) is 0 Å². The van der Waals surface area contributed by atoms with Crippen LogP contribution >= 0.6 is 0 Å². The second kappa shape index (κ2) is 7.82. The minimum Gasteiger partial charge on any atom is -0.481 e. The fraction of sp³-hybridized carbons (Fsp3) is 0.960. The number of rotatable bonds is 5. The maximum Gasteiger partial charge on any atom is 0.303 e. The number of hydrogen-bond donors (Lipinski definition) is 3. The number of carboxylic acid groups (broad SMARTS) is 1. The summed E-state index contributed by atoms with van der Waals surface area (Å²) >= 11 is 0. The monoisotopic (exact) mass is 405 g/mol. The first kappa shape index (κ1) is 21.6. The van der Waals surface area contributed by atoms with Crippen LogP contribution in [-0.4, -0.2) is 28.3 Å². The summed E-state index contributed by atoms with van der Waals surface area (Å²) in [6.45, 7) is 7.41. The third-order valence-corrected chi connectivity index (χ3v) is 10.6. The number of aliphatic carboxylic acids is 1. The van der Waals surface area contributed by atoms with E-state index in [1.165, 1.54) is 44.9 Å². The summed E-state index contributed by atoms with van der Waals surface area (Å²) in [6.07, 6.45) is 11.5. The fourth-order valence-corrected chi connectivity index (χ4v) is 9.17. The van der Waals surface area contributed by atoms with E-state index in [4.69, 9.17) is 10.8 Å². The number of aliphatic hydroxyl groups excluding tert-OH is 1. The highest BCUT2D eigenvalue weighted by atomic mass is 16.4. The minimum atomic E-state index is -0.722. The van der Waals surface area contributed by atoms with Crippen LogP contribution in [-0.2, 0) is 4.79 Å². The zero-order valence-corrected chi connectivity index (χ0v) is 18.8. The van der Waals surface area contributed by atoms with Crippen molar-refractivity contribution in [2.24, 2.45) is 52.1 Å². The number of fused-ring (bicyclic) bond motifs is 5. The second-order valence-corrected chi connectivity index (χ2v) is 11.6. The molecule has 10 atom stereocenters. The molecule has 0 aromatic carbocycles. The molecule has 4 fully saturated rings. The van der Waals surface area contributed by atoms with Crippen LogP contribution in [0.25, 0.3) is 0 Å². The molecule has 4 rings (SSSR count). The van der Waals surface area contributed by atoms with E-state index in [1.54, 1.807) is 0 Å². The van der Waals surface area contributed by atoms with Gasteiger partial charge in [0.1, 0.15) is 0 Å². The van der Waals surface area contributed by atoms with Gasteiger partial charge in [-0.1, -0.05) is 27.2 Å². The highest BCUT2D eigenvalue weighted by Crippen LogP contribution is 2.69. The van der Waals surface area contributed by atoms with E-state index in [0.717, 1.165) is 36.5 Å². The standard InChI is InChI=1S/C25H43NO3/c1-4-15-13-17-18-5-6-20(22(26)7-8-23(28)29)24(18,2)12-10-19(17)25(3)11-9-16(27)14-21(15)25/h15-22,27H,4-14,26H2,1-3H3,(H,28,29)/t15-,16+,17?,18?,19-,20?,21?,22+,24?,25?/m0/s1. The topological polar surface area (TPSA) is 83.6 Å². The van der Waals surface area contributed by atoms with Crippen LogP contribution in [0.2, 0.25) is 0 Å². The number of nitrogens with two attached hydrogens (primary N) is 1. The molecule has 0 aromatic rings. The van der Waals surface area contributed by atoms with Gasteiger partial charge in [0.15, 0.2) is 0 Å². The van der Waals surface area contributed by atoms with Crippen molar-refractivity contribution < 1.29 is 15.0 Å². The minimum absolute atomic E-state index is 0.0244. The molecule has 4 aliphatic rings. The third-order valence-electron chi connectivity index (χ3n) is 10.6. The molecular weight excluding hydrogens is 362 g/mol. The average molecular weight is 406 g/mol. The van der Waals surface area contributed by atoms with Crippen molar-refractivity contribution in [3.05, 3.63) is 0 Å². The van der Waals surface area contributed by atoms with Gasteiger partial charge in [0.05, 0.1) is 6.10 Å². The Balaban J connectivity index is 1.57. The van der Waals surface area contributed by atoms with E-state index >= 15 is 0 Å². The summed E-state index contributed by atoms with van der Waals surface area (Å²) in [4.78, 5) is 11.1. The summed E-state index contributed by atoms with van der Waals surface area (Å²) in [6, 6.07) is 0.0244. The van der Waals surface area contributed by atoms with E-state index in [0.29, 0.717) is 23.7 Å². The molecule has 0 aromatic heterocycles. The lowest BCUT2D eigenvalue weighted by Crippen LogP contribution is -2.57. The van der Waals surface area contributed by atoms with Crippen LogP contribution in [0.3, 0.4) is 0 Å². The van der Waals surface area contributed by atoms with Gasteiger partial charge in [-0.2, -0.15) is 0 Å². The molecule has 4 nitrogen and oxygen atoms in total. The van der Waals surface area contributed by atoms with Crippen LogP contribution in [0, 0.1) is 46.3 Å². The molecule has 4 N–H and O–H groups in total. The second-order valence-electron chi connectivity index (χ2n) is 11.6. The number of carbonyl (C=O) groups is 1. The van der Waals surface area contributed by atoms with E-state index in [9.17, 15) is 9.90 Å². The quantitative estimate of drug-likeness (QED) is 0.611. The van der Waals surface area contributed by atoms with Crippen LogP contribution in [0.1, 0.15) is 91.4 Å². The Labute approximate surface area is 177 Å². The Morgan fingerprint density at radius 1 is 1.03 bits per heavy atom. The number of carboxylic acids is 1. The number of hydrogen-bond acceptors (Lipinski definition) is 3. The van der Waals surface area contributed by atoms with Crippen molar-refractivity contribution >= 4 is 5.97 Å². The van der Waals surface area contributed by atoms with Gasteiger partial charge in [0.25, 0.3) is 0 Å². The maximum atomic E-state index is 11.1. The summed E-state index contributed by atoms with van der Waals surface area (Å²) in [5, 5.41) is 19.5. The molecular formula is C25H43NO3. The maximum absolute atomic E-state index is 11.1. The summed E-state index contributed by atoms with van der Waals surface area (Å²) in [5.74, 6) is 3.55. The molecule has 166 valence electrons. The largest absolute Gasteiger partial charge is 0.481 e. The molecule has 0 heterocycles. The van der Waals surface area contributed by atoms with Crippen molar-refractivity contribution in [1.29, 1.82) is 0 Å². The molecule has 0 amide bonds. The van der Waals surface area contributed by atoms with Crippen molar-refractivity contribution in [2.75, 3.05) is 0 Å². The van der Waals surface area contributed by atoms with E-state index in [1.807, 2.05) is 0 Å². The van der Waals surface area contributed by atoms with Gasteiger partial charge in [-0.05, 0) is 104 Å². The lowest BCUT2D eigenvalue weighted by Gasteiger charge is -2.63. The Hall–Kier alpha value is -0.610. The van der Waals surface area contributed by atoms with Gasteiger partial charge in [0.2, 0.25) is 0 Å². The van der Waals surface area contributed by atoms with Gasteiger partial charge < -0.3 is 15.9 Å². The van der Waals surface area contributed by atoms with Gasteiger partial charge in [0, 0.05) is 12.5 Å². The van der Waals surface area contributed by atoms with Crippen molar-refractivity contribution in [3.8, 4) is 0 Å². The predicted molar refractivity (Wildman–Crippen MR) is 115 cm³/mol. The highest BCUT2D eigenvalue weighted by Gasteiger charge is 2.62. The lowest BCUT2D eigenvalue weighted by molar-refractivity contribution is -0.151. The lowest BCUT2D eigenvalue weighted by atomic mass is 9.42. The van der Waals surface area contributed by atoms with Crippen molar-refractivity contribution in [3.63, 3.8) is 0 Å². The average Bonchev–Trinajstić information content (AvgIpc) is 3.03. The van der Waals surface area contributed by atoms with E-state index < -0.39 is 5.97 Å². The van der Waals surface area contributed by atoms with Crippen LogP contribution in [0.5, 0.6) is 0 Å². The van der Waals surface area contributed by atoms with Gasteiger partial charge in [-0.25, -0.2) is 0 Å². The van der Waals surface area contributed by atoms with Crippen LogP contribution in [0.4, 0.5) is 0 Å². The first-order valence-electron chi connectivity index (χ1n) is 12.4. The molecule has 0 bridgehead atoms. The van der Waals surface area contributed by atoms with Gasteiger partial charge >= 0.3 is 5.97 Å². The molecule has 29 heavy (non-hydrogen) atoms. The SMILES string of the molecule is CC[C@H]1CC2C3CCC([C@H](N)CCC(=O)O)C3(C)CC[C@@H]2C2(C)CC[C@@H](O)CC12. The summed E-state index contributed by atoms with van der Waals surface area (Å²) in [5.41, 5.74) is 7.28.